The molecule has 4 aromatic carbocycles. The molecule has 0 aliphatic carbocycles. The fraction of sp³-hybridized carbons (Fsp3) is 0.222. The predicted molar refractivity (Wildman–Crippen MR) is 128 cm³/mol. The van der Waals surface area contributed by atoms with E-state index in [4.69, 9.17) is 4.74 Å². The highest BCUT2D eigenvalue weighted by Crippen LogP contribution is 2.41. The number of unbranched alkanes of at least 4 members (excludes halogenated alkanes) is 1. The van der Waals surface area contributed by atoms with E-state index >= 15 is 4.39 Å². The molecule has 162 valence electrons. The molecule has 5 heteroatoms. The third-order valence-electron chi connectivity index (χ3n) is 6.51. The highest BCUT2D eigenvalue weighted by Gasteiger charge is 2.22. The summed E-state index contributed by atoms with van der Waals surface area (Å²) in [4.78, 5) is 12.3. The maximum Gasteiger partial charge on any atom is 0.337 e. The Morgan fingerprint density at radius 1 is 1.03 bits per heavy atom. The van der Waals surface area contributed by atoms with E-state index in [1.807, 2.05) is 54.1 Å². The second kappa shape index (κ2) is 7.52. The van der Waals surface area contributed by atoms with Gasteiger partial charge in [0.25, 0.3) is 0 Å². The quantitative estimate of drug-likeness (QED) is 0.312. The third-order valence-corrected chi connectivity index (χ3v) is 6.51. The summed E-state index contributed by atoms with van der Waals surface area (Å²) in [5, 5.41) is 14.7. The number of ether oxygens (including phenoxy) is 1. The number of benzene rings is 4. The number of carbonyl (C=O) groups is 1. The van der Waals surface area contributed by atoms with Gasteiger partial charge in [0.2, 0.25) is 0 Å². The summed E-state index contributed by atoms with van der Waals surface area (Å²) in [5.74, 6) is -0.790. The zero-order chi connectivity index (χ0) is 22.6. The van der Waals surface area contributed by atoms with E-state index in [1.54, 1.807) is 13.2 Å². The molecule has 0 aliphatic rings. The number of hydrogen-bond acceptors (Lipinski definition) is 2. The second-order valence-electron chi connectivity index (χ2n) is 8.26. The number of halogens is 1. The number of aryl methyl sites for hydroxylation is 1. The first-order valence-electron chi connectivity index (χ1n) is 10.8. The summed E-state index contributed by atoms with van der Waals surface area (Å²) >= 11 is 0. The normalized spacial score (nSPS) is 11.8. The summed E-state index contributed by atoms with van der Waals surface area (Å²) in [7, 11) is 3.43. The van der Waals surface area contributed by atoms with Gasteiger partial charge in [-0.25, -0.2) is 9.18 Å². The number of aromatic nitrogens is 1. The van der Waals surface area contributed by atoms with Crippen LogP contribution in [0.2, 0.25) is 0 Å². The van der Waals surface area contributed by atoms with Crippen LogP contribution in [0, 0.1) is 5.82 Å². The monoisotopic (exact) mass is 429 g/mol. The van der Waals surface area contributed by atoms with Gasteiger partial charge in [0.1, 0.15) is 11.6 Å². The molecule has 0 unspecified atom stereocenters. The minimum atomic E-state index is -1.01. The van der Waals surface area contributed by atoms with Crippen LogP contribution >= 0.6 is 0 Å². The molecule has 0 aliphatic heterocycles. The van der Waals surface area contributed by atoms with Crippen molar-refractivity contribution in [3.05, 3.63) is 65.5 Å². The van der Waals surface area contributed by atoms with Gasteiger partial charge in [0, 0.05) is 34.3 Å². The molecule has 0 saturated heterocycles. The van der Waals surface area contributed by atoms with Crippen molar-refractivity contribution in [3.8, 4) is 5.75 Å². The van der Waals surface area contributed by atoms with Gasteiger partial charge in [0.15, 0.2) is 0 Å². The van der Waals surface area contributed by atoms with Crippen LogP contribution in [0.25, 0.3) is 43.4 Å². The predicted octanol–water partition coefficient (Wildman–Crippen LogP) is 6.83. The van der Waals surface area contributed by atoms with E-state index in [0.717, 1.165) is 34.5 Å². The van der Waals surface area contributed by atoms with Gasteiger partial charge in [-0.3, -0.25) is 0 Å². The summed E-state index contributed by atoms with van der Waals surface area (Å²) in [6, 6.07) is 15.1. The summed E-state index contributed by atoms with van der Waals surface area (Å²) < 4.78 is 23.1. The maximum absolute atomic E-state index is 15.6. The number of para-hydroxylation sites is 1. The number of aromatic carboxylic acids is 1. The van der Waals surface area contributed by atoms with Gasteiger partial charge in [-0.2, -0.15) is 0 Å². The number of methoxy groups -OCH3 is 1. The Kier molecular flexibility index (Phi) is 4.77. The first kappa shape index (κ1) is 20.3. The number of carboxylic acid groups (broad SMARTS) is 1. The smallest absolute Gasteiger partial charge is 0.337 e. The van der Waals surface area contributed by atoms with Crippen LogP contribution in [0.5, 0.6) is 5.75 Å². The Balaban J connectivity index is 1.99. The molecular formula is C27H24FNO3. The fourth-order valence-electron chi connectivity index (χ4n) is 4.97. The van der Waals surface area contributed by atoms with E-state index in [2.05, 4.69) is 6.92 Å². The lowest BCUT2D eigenvalue weighted by molar-refractivity contribution is 0.0699. The van der Waals surface area contributed by atoms with E-state index < -0.39 is 5.97 Å². The van der Waals surface area contributed by atoms with Crippen molar-refractivity contribution in [2.45, 2.75) is 26.2 Å². The first-order chi connectivity index (χ1) is 15.5. The summed E-state index contributed by atoms with van der Waals surface area (Å²) in [5.41, 5.74) is 2.40. The van der Waals surface area contributed by atoms with Gasteiger partial charge in [-0.05, 0) is 47.2 Å². The molecule has 5 rings (SSSR count). The number of carboxylic acids is 1. The highest BCUT2D eigenvalue weighted by molar-refractivity contribution is 6.28. The summed E-state index contributed by atoms with van der Waals surface area (Å²) in [6.07, 6.45) is 2.42. The Hall–Kier alpha value is -3.60. The van der Waals surface area contributed by atoms with Crippen LogP contribution in [-0.2, 0) is 13.5 Å². The molecule has 32 heavy (non-hydrogen) atoms. The lowest BCUT2D eigenvalue weighted by atomic mass is 9.93. The SMILES string of the molecule is CCCCc1c(OC)cc2c(ccc3c2cc(C(=O)O)c2c3c3ccccc3n2C)c1F. The average Bonchev–Trinajstić information content (AvgIpc) is 3.10. The Morgan fingerprint density at radius 3 is 2.47 bits per heavy atom. The van der Waals surface area contributed by atoms with Crippen molar-refractivity contribution in [2.75, 3.05) is 7.11 Å². The van der Waals surface area contributed by atoms with Crippen LogP contribution in [0.4, 0.5) is 4.39 Å². The number of rotatable bonds is 5. The largest absolute Gasteiger partial charge is 0.496 e. The molecule has 0 saturated carbocycles. The van der Waals surface area contributed by atoms with Gasteiger partial charge in [-0.15, -0.1) is 0 Å². The Labute approximate surface area is 184 Å². The zero-order valence-corrected chi connectivity index (χ0v) is 18.3. The fourth-order valence-corrected chi connectivity index (χ4v) is 4.97. The van der Waals surface area contributed by atoms with Crippen molar-refractivity contribution in [2.24, 2.45) is 7.05 Å². The van der Waals surface area contributed by atoms with Crippen molar-refractivity contribution in [3.63, 3.8) is 0 Å². The highest BCUT2D eigenvalue weighted by atomic mass is 19.1. The average molecular weight is 429 g/mol. The second-order valence-corrected chi connectivity index (χ2v) is 8.26. The molecular weight excluding hydrogens is 405 g/mol. The van der Waals surface area contributed by atoms with Gasteiger partial charge in [0.05, 0.1) is 18.2 Å². The zero-order valence-electron chi connectivity index (χ0n) is 18.3. The van der Waals surface area contributed by atoms with Crippen LogP contribution in [0.1, 0.15) is 35.7 Å². The molecule has 1 aromatic heterocycles. The molecule has 0 bridgehead atoms. The molecule has 0 amide bonds. The van der Waals surface area contributed by atoms with Crippen molar-refractivity contribution >= 4 is 49.3 Å². The minimum absolute atomic E-state index is 0.202. The lowest BCUT2D eigenvalue weighted by Gasteiger charge is -2.15. The molecule has 1 heterocycles. The van der Waals surface area contributed by atoms with E-state index in [0.29, 0.717) is 39.4 Å². The molecule has 0 radical (unpaired) electrons. The molecule has 5 aromatic rings. The minimum Gasteiger partial charge on any atom is -0.496 e. The van der Waals surface area contributed by atoms with Crippen molar-refractivity contribution in [1.82, 2.24) is 4.57 Å². The number of hydrogen-bond donors (Lipinski definition) is 1. The van der Waals surface area contributed by atoms with Gasteiger partial charge < -0.3 is 14.4 Å². The lowest BCUT2D eigenvalue weighted by Crippen LogP contribution is -2.02. The molecule has 4 nitrogen and oxygen atoms in total. The van der Waals surface area contributed by atoms with Crippen molar-refractivity contribution < 1.29 is 19.0 Å². The standard InChI is InChI=1S/C27H24FNO3/c1-4-5-8-18-23(32-3)14-20-16(25(18)28)12-11-15-19(20)13-21(27(30)31)26-24(15)17-9-6-7-10-22(17)29(26)2/h6-7,9-14H,4-5,8H2,1-3H3,(H,30,31). The maximum atomic E-state index is 15.6. The van der Waals surface area contributed by atoms with Gasteiger partial charge in [-0.1, -0.05) is 43.7 Å². The van der Waals surface area contributed by atoms with Crippen LogP contribution < -0.4 is 4.74 Å². The Morgan fingerprint density at radius 2 is 1.75 bits per heavy atom. The number of fused-ring (bicyclic) bond motifs is 7. The first-order valence-corrected chi connectivity index (χ1v) is 10.8. The van der Waals surface area contributed by atoms with Crippen LogP contribution in [0.15, 0.2) is 48.5 Å². The van der Waals surface area contributed by atoms with E-state index in [1.165, 1.54) is 0 Å². The molecule has 0 spiro atoms. The van der Waals surface area contributed by atoms with E-state index in [9.17, 15) is 9.90 Å². The topological polar surface area (TPSA) is 51.5 Å². The number of nitrogens with zero attached hydrogens (tertiary/aromatic N) is 1. The summed E-state index contributed by atoms with van der Waals surface area (Å²) in [6.45, 7) is 2.07. The van der Waals surface area contributed by atoms with E-state index in [-0.39, 0.29) is 11.4 Å². The van der Waals surface area contributed by atoms with Crippen molar-refractivity contribution in [1.29, 1.82) is 0 Å². The van der Waals surface area contributed by atoms with Crippen LogP contribution in [0.3, 0.4) is 0 Å². The molecule has 0 atom stereocenters. The Bertz CT molecular complexity index is 1550. The molecule has 0 fully saturated rings. The van der Waals surface area contributed by atoms with Crippen LogP contribution in [-0.4, -0.2) is 22.8 Å². The van der Waals surface area contributed by atoms with Gasteiger partial charge >= 0.3 is 5.97 Å². The third kappa shape index (κ3) is 2.77. The molecule has 1 N–H and O–H groups in total.